The van der Waals surface area contributed by atoms with E-state index < -0.39 is 28.7 Å². The van der Waals surface area contributed by atoms with Crippen molar-refractivity contribution >= 4 is 50.9 Å². The lowest BCUT2D eigenvalue weighted by Crippen LogP contribution is -2.55. The van der Waals surface area contributed by atoms with E-state index in [1.165, 1.54) is 19.0 Å². The summed E-state index contributed by atoms with van der Waals surface area (Å²) in [6.07, 6.45) is 0.192. The van der Waals surface area contributed by atoms with Crippen LogP contribution in [0.2, 0.25) is 10.0 Å². The smallest absolute Gasteiger partial charge is 0.304 e. The number of benzene rings is 3. The highest BCUT2D eigenvalue weighted by Gasteiger charge is 2.36. The number of amides is 2. The zero-order valence-corrected chi connectivity index (χ0v) is 27.1. The maximum Gasteiger partial charge on any atom is 0.304 e. The van der Waals surface area contributed by atoms with Gasteiger partial charge in [-0.2, -0.15) is 12.7 Å². The molecule has 3 aromatic rings. The Labute approximate surface area is 259 Å². The van der Waals surface area contributed by atoms with Gasteiger partial charge in [-0.3, -0.25) is 9.59 Å². The molecule has 0 spiro atoms. The Kier molecular flexibility index (Phi) is 11.4. The lowest BCUT2D eigenvalue weighted by Gasteiger charge is -2.35. The summed E-state index contributed by atoms with van der Waals surface area (Å²) < 4.78 is 29.4. The van der Waals surface area contributed by atoms with Crippen molar-refractivity contribution < 1.29 is 18.0 Å². The first kappa shape index (κ1) is 33.4. The second-order valence-corrected chi connectivity index (χ2v) is 13.6. The van der Waals surface area contributed by atoms with Crippen LogP contribution in [0.25, 0.3) is 0 Å². The minimum Gasteiger partial charge on any atom is -0.352 e. The van der Waals surface area contributed by atoms with Gasteiger partial charge in [-0.1, -0.05) is 71.7 Å². The highest BCUT2D eigenvalue weighted by Crippen LogP contribution is 2.29. The van der Waals surface area contributed by atoms with Crippen molar-refractivity contribution in [2.24, 2.45) is 0 Å². The van der Waals surface area contributed by atoms with Gasteiger partial charge in [-0.15, -0.1) is 0 Å². The Morgan fingerprint density at radius 3 is 2.10 bits per heavy atom. The molecule has 1 N–H and O–H groups in total. The largest absolute Gasteiger partial charge is 0.352 e. The molecule has 0 aliphatic heterocycles. The van der Waals surface area contributed by atoms with E-state index in [2.05, 4.69) is 5.32 Å². The number of aryl methyl sites for hydroxylation is 2. The van der Waals surface area contributed by atoms with Crippen molar-refractivity contribution in [2.45, 2.75) is 52.7 Å². The van der Waals surface area contributed by atoms with E-state index in [1.54, 1.807) is 31.2 Å². The molecule has 0 radical (unpaired) electrons. The predicted octanol–water partition coefficient (Wildman–Crippen LogP) is 5.39. The molecule has 3 aromatic carbocycles. The third-order valence-electron chi connectivity index (χ3n) is 6.74. The number of hydrogen-bond donors (Lipinski definition) is 1. The van der Waals surface area contributed by atoms with Gasteiger partial charge in [0.15, 0.2) is 0 Å². The summed E-state index contributed by atoms with van der Waals surface area (Å²) in [7, 11) is -1.29. The first-order valence-corrected chi connectivity index (χ1v) is 15.7. The molecule has 3 rings (SSSR count). The molecule has 0 unspecified atom stereocenters. The van der Waals surface area contributed by atoms with E-state index in [0.717, 1.165) is 19.7 Å². The summed E-state index contributed by atoms with van der Waals surface area (Å²) in [6.45, 7) is 6.65. The fraction of sp³-hybridized carbons (Fsp3) is 0.355. The molecule has 226 valence electrons. The number of carbonyl (C=O) groups is 2. The zero-order chi connectivity index (χ0) is 31.2. The number of halogens is 2. The maximum absolute atomic E-state index is 14.4. The van der Waals surface area contributed by atoms with Gasteiger partial charge in [-0.25, -0.2) is 4.31 Å². The number of anilines is 1. The monoisotopic (exact) mass is 632 g/mol. The van der Waals surface area contributed by atoms with Crippen LogP contribution < -0.4 is 9.62 Å². The highest BCUT2D eigenvalue weighted by atomic mass is 35.5. The van der Waals surface area contributed by atoms with E-state index in [4.69, 9.17) is 23.2 Å². The number of hydrogen-bond acceptors (Lipinski definition) is 4. The summed E-state index contributed by atoms with van der Waals surface area (Å²) in [4.78, 5) is 29.5. The Hall–Kier alpha value is -3.11. The van der Waals surface area contributed by atoms with Crippen LogP contribution in [0.5, 0.6) is 0 Å². The van der Waals surface area contributed by atoms with Gasteiger partial charge >= 0.3 is 10.2 Å². The van der Waals surface area contributed by atoms with Crippen LogP contribution in [0.1, 0.15) is 36.1 Å². The molecule has 0 aromatic heterocycles. The van der Waals surface area contributed by atoms with Crippen molar-refractivity contribution in [3.05, 3.63) is 99.0 Å². The summed E-state index contributed by atoms with van der Waals surface area (Å²) >= 11 is 13.1. The molecular weight excluding hydrogens is 595 g/mol. The molecule has 0 bridgehead atoms. The number of nitrogens with zero attached hydrogens (tertiary/aromatic N) is 3. The van der Waals surface area contributed by atoms with Gasteiger partial charge in [0.05, 0.1) is 5.69 Å². The lowest BCUT2D eigenvalue weighted by molar-refractivity contribution is -0.140. The van der Waals surface area contributed by atoms with Crippen LogP contribution in [0, 0.1) is 13.8 Å². The highest BCUT2D eigenvalue weighted by molar-refractivity contribution is 7.90. The molecule has 8 nitrogen and oxygen atoms in total. The topological polar surface area (TPSA) is 90.0 Å². The van der Waals surface area contributed by atoms with E-state index in [0.29, 0.717) is 26.9 Å². The van der Waals surface area contributed by atoms with Crippen LogP contribution in [-0.2, 0) is 32.8 Å². The number of nitrogens with one attached hydrogen (secondary N) is 1. The normalized spacial score (nSPS) is 12.3. The van der Waals surface area contributed by atoms with Gasteiger partial charge in [-0.05, 0) is 62.6 Å². The molecular formula is C31H38Cl2N4O4S. The van der Waals surface area contributed by atoms with Crippen molar-refractivity contribution in [2.75, 3.05) is 24.9 Å². The molecule has 2 amide bonds. The summed E-state index contributed by atoms with van der Waals surface area (Å²) in [5.74, 6) is -0.962. The first-order valence-electron chi connectivity index (χ1n) is 13.6. The van der Waals surface area contributed by atoms with E-state index >= 15 is 0 Å². The maximum atomic E-state index is 14.4. The molecule has 0 fully saturated rings. The van der Waals surface area contributed by atoms with Gasteiger partial charge in [0.1, 0.15) is 12.6 Å². The van der Waals surface area contributed by atoms with Gasteiger partial charge in [0.2, 0.25) is 11.8 Å². The standard InChI is InChI=1S/C31H38Cl2N4O4S/c1-21(2)34-31(39)29(18-24-11-8-7-9-12-24)36(19-25-26(32)13-10-14-27(25)33)30(38)20-37(42(40,41)35(5)6)28-17-22(3)15-16-23(28)4/h7-17,21,29H,18-20H2,1-6H3,(H,34,39)/t29-/m1/s1. The Morgan fingerprint density at radius 1 is 0.905 bits per heavy atom. The molecule has 42 heavy (non-hydrogen) atoms. The molecule has 0 heterocycles. The average molecular weight is 634 g/mol. The van der Waals surface area contributed by atoms with Gasteiger partial charge < -0.3 is 10.2 Å². The average Bonchev–Trinajstić information content (AvgIpc) is 2.92. The fourth-order valence-electron chi connectivity index (χ4n) is 4.48. The molecule has 11 heteroatoms. The number of rotatable bonds is 12. The van der Waals surface area contributed by atoms with E-state index in [1.807, 2.05) is 63.2 Å². The third kappa shape index (κ3) is 8.25. The van der Waals surface area contributed by atoms with Crippen LogP contribution in [-0.4, -0.2) is 62.2 Å². The van der Waals surface area contributed by atoms with E-state index in [9.17, 15) is 18.0 Å². The molecule has 0 saturated heterocycles. The Bertz CT molecular complexity index is 1490. The molecule has 0 aliphatic rings. The summed E-state index contributed by atoms with van der Waals surface area (Å²) in [5, 5.41) is 3.58. The van der Waals surface area contributed by atoms with Crippen LogP contribution in [0.4, 0.5) is 5.69 Å². The molecule has 0 aliphatic carbocycles. The second-order valence-electron chi connectivity index (χ2n) is 10.7. The Morgan fingerprint density at radius 2 is 1.52 bits per heavy atom. The summed E-state index contributed by atoms with van der Waals surface area (Å²) in [5.41, 5.74) is 3.17. The SMILES string of the molecule is Cc1ccc(C)c(N(CC(=O)N(Cc2c(Cl)cccc2Cl)[C@H](Cc2ccccc2)C(=O)NC(C)C)S(=O)(=O)N(C)C)c1. The van der Waals surface area contributed by atoms with Crippen molar-refractivity contribution in [1.82, 2.24) is 14.5 Å². The predicted molar refractivity (Wildman–Crippen MR) is 170 cm³/mol. The second kappa shape index (κ2) is 14.4. The molecule has 0 saturated carbocycles. The summed E-state index contributed by atoms with van der Waals surface area (Å²) in [6, 6.07) is 18.6. The Balaban J connectivity index is 2.17. The molecule has 1 atom stereocenters. The zero-order valence-electron chi connectivity index (χ0n) is 24.8. The van der Waals surface area contributed by atoms with Crippen LogP contribution >= 0.6 is 23.2 Å². The van der Waals surface area contributed by atoms with Crippen molar-refractivity contribution in [1.29, 1.82) is 0 Å². The number of carbonyl (C=O) groups excluding carboxylic acids is 2. The fourth-order valence-corrected chi connectivity index (χ4v) is 6.11. The third-order valence-corrected chi connectivity index (χ3v) is 9.26. The minimum absolute atomic E-state index is 0.108. The van der Waals surface area contributed by atoms with Gasteiger partial charge in [0, 0.05) is 48.7 Å². The quantitative estimate of drug-likeness (QED) is 0.290. The minimum atomic E-state index is -4.11. The lowest BCUT2D eigenvalue weighted by atomic mass is 10.0. The van der Waals surface area contributed by atoms with Crippen LogP contribution in [0.15, 0.2) is 66.7 Å². The van der Waals surface area contributed by atoms with Crippen molar-refractivity contribution in [3.63, 3.8) is 0 Å². The van der Waals surface area contributed by atoms with Gasteiger partial charge in [0.25, 0.3) is 0 Å². The van der Waals surface area contributed by atoms with E-state index in [-0.39, 0.29) is 24.9 Å². The first-order chi connectivity index (χ1) is 19.7. The van der Waals surface area contributed by atoms with Crippen molar-refractivity contribution in [3.8, 4) is 0 Å². The van der Waals surface area contributed by atoms with Crippen LogP contribution in [0.3, 0.4) is 0 Å².